The molecule has 2 amide bonds. The lowest BCUT2D eigenvalue weighted by atomic mass is 9.94. The molecule has 1 saturated carbocycles. The van der Waals surface area contributed by atoms with E-state index in [0.717, 1.165) is 43.1 Å². The van der Waals surface area contributed by atoms with Crippen molar-refractivity contribution in [1.82, 2.24) is 10.2 Å². The smallest absolute Gasteiger partial charge is 0.243 e. The van der Waals surface area contributed by atoms with Gasteiger partial charge in [0, 0.05) is 32.0 Å². The molecule has 0 bridgehead atoms. The van der Waals surface area contributed by atoms with Gasteiger partial charge in [-0.25, -0.2) is 8.42 Å². The van der Waals surface area contributed by atoms with Crippen molar-refractivity contribution in [2.45, 2.75) is 70.0 Å². The van der Waals surface area contributed by atoms with Crippen LogP contribution in [0, 0.1) is 0 Å². The van der Waals surface area contributed by atoms with Crippen LogP contribution in [0.15, 0.2) is 78.9 Å². The molecule has 45 heavy (non-hydrogen) atoms. The van der Waals surface area contributed by atoms with Gasteiger partial charge in [-0.3, -0.25) is 13.9 Å². The predicted octanol–water partition coefficient (Wildman–Crippen LogP) is 5.34. The quantitative estimate of drug-likeness (QED) is 0.242. The van der Waals surface area contributed by atoms with Gasteiger partial charge in [-0.15, -0.1) is 0 Å². The van der Waals surface area contributed by atoms with Crippen LogP contribution in [0.2, 0.25) is 0 Å². The first kappa shape index (κ1) is 33.8. The molecule has 3 aromatic rings. The van der Waals surface area contributed by atoms with Crippen molar-refractivity contribution in [3.8, 4) is 11.5 Å². The lowest BCUT2D eigenvalue weighted by molar-refractivity contribution is -0.141. The van der Waals surface area contributed by atoms with E-state index in [1.165, 1.54) is 10.7 Å². The Bertz CT molecular complexity index is 1490. The molecule has 0 heterocycles. The van der Waals surface area contributed by atoms with Crippen molar-refractivity contribution in [3.63, 3.8) is 0 Å². The molecular formula is C35H45N3O6S. The van der Waals surface area contributed by atoms with Crippen molar-refractivity contribution >= 4 is 27.5 Å². The summed E-state index contributed by atoms with van der Waals surface area (Å²) in [5, 5.41) is 3.25. The van der Waals surface area contributed by atoms with E-state index in [1.54, 1.807) is 43.4 Å². The van der Waals surface area contributed by atoms with Crippen LogP contribution in [0.5, 0.6) is 11.5 Å². The SMILES string of the molecule is COc1ccc(N(CCCC(=O)N(Cc2cccc(OC)c2)[C@@H](Cc2ccccc2)C(=O)NC2CCCCC2)S(C)(=O)=O)cc1. The largest absolute Gasteiger partial charge is 0.497 e. The molecule has 10 heteroatoms. The van der Waals surface area contributed by atoms with Crippen LogP contribution in [0.1, 0.15) is 56.1 Å². The van der Waals surface area contributed by atoms with Gasteiger partial charge >= 0.3 is 0 Å². The summed E-state index contributed by atoms with van der Waals surface area (Å²) in [6.07, 6.45) is 7.03. The third kappa shape index (κ3) is 9.97. The third-order valence-corrected chi connectivity index (χ3v) is 9.42. The van der Waals surface area contributed by atoms with Crippen molar-refractivity contribution in [1.29, 1.82) is 0 Å². The minimum absolute atomic E-state index is 0.0636. The Balaban J connectivity index is 1.59. The summed E-state index contributed by atoms with van der Waals surface area (Å²) >= 11 is 0. The molecule has 1 aliphatic carbocycles. The van der Waals surface area contributed by atoms with Crippen LogP contribution >= 0.6 is 0 Å². The molecule has 1 fully saturated rings. The van der Waals surface area contributed by atoms with E-state index >= 15 is 0 Å². The van der Waals surface area contributed by atoms with Crippen molar-refractivity contribution < 1.29 is 27.5 Å². The van der Waals surface area contributed by atoms with Crippen molar-refractivity contribution in [2.24, 2.45) is 0 Å². The molecule has 0 saturated heterocycles. The molecular weight excluding hydrogens is 590 g/mol. The second kappa shape index (κ2) is 16.3. The Labute approximate surface area is 267 Å². The van der Waals surface area contributed by atoms with Gasteiger partial charge in [0.2, 0.25) is 21.8 Å². The maximum absolute atomic E-state index is 14.1. The van der Waals surface area contributed by atoms with E-state index in [1.807, 2.05) is 54.6 Å². The summed E-state index contributed by atoms with van der Waals surface area (Å²) in [4.78, 5) is 29.8. The van der Waals surface area contributed by atoms with Crippen molar-refractivity contribution in [2.75, 3.05) is 31.3 Å². The number of benzene rings is 3. The number of methoxy groups -OCH3 is 2. The maximum Gasteiger partial charge on any atom is 0.243 e. The highest BCUT2D eigenvalue weighted by atomic mass is 32.2. The van der Waals surface area contributed by atoms with E-state index in [0.29, 0.717) is 23.6 Å². The fourth-order valence-electron chi connectivity index (χ4n) is 5.82. The number of ether oxygens (including phenoxy) is 2. The van der Waals surface area contributed by atoms with E-state index in [-0.39, 0.29) is 43.8 Å². The number of sulfonamides is 1. The fourth-order valence-corrected chi connectivity index (χ4v) is 6.78. The molecule has 242 valence electrons. The van der Waals surface area contributed by atoms with Gasteiger partial charge in [0.1, 0.15) is 17.5 Å². The highest BCUT2D eigenvalue weighted by Crippen LogP contribution is 2.24. The Morgan fingerprint density at radius 3 is 2.18 bits per heavy atom. The van der Waals surface area contributed by atoms with Crippen LogP contribution in [-0.4, -0.2) is 64.2 Å². The van der Waals surface area contributed by atoms with E-state index < -0.39 is 16.1 Å². The standard InChI is InChI=1S/C35H45N3O6S/c1-43-31-21-19-30(20-22-31)38(45(3,41)42)23-11-18-34(39)37(26-28-14-10-17-32(24-28)44-2)33(25-27-12-6-4-7-13-27)35(40)36-29-15-8-5-9-16-29/h4,6-7,10,12-14,17,19-22,24,29,33H,5,8-9,11,15-16,18,23,25-26H2,1-3H3,(H,36,40)/t33-/m0/s1. The number of nitrogens with zero attached hydrogens (tertiary/aromatic N) is 2. The van der Waals surface area contributed by atoms with Gasteiger partial charge in [0.05, 0.1) is 26.2 Å². The monoisotopic (exact) mass is 635 g/mol. The zero-order valence-electron chi connectivity index (χ0n) is 26.5. The molecule has 4 rings (SSSR count). The molecule has 9 nitrogen and oxygen atoms in total. The average Bonchev–Trinajstić information content (AvgIpc) is 3.05. The number of hydrogen-bond acceptors (Lipinski definition) is 6. The summed E-state index contributed by atoms with van der Waals surface area (Å²) in [7, 11) is -0.469. The summed E-state index contributed by atoms with van der Waals surface area (Å²) < 4.78 is 37.4. The molecule has 0 radical (unpaired) electrons. The Hall–Kier alpha value is -4.05. The van der Waals surface area contributed by atoms with Crippen LogP contribution in [0.25, 0.3) is 0 Å². The van der Waals surface area contributed by atoms with Crippen LogP contribution in [0.3, 0.4) is 0 Å². The highest BCUT2D eigenvalue weighted by molar-refractivity contribution is 7.92. The van der Waals surface area contributed by atoms with Gasteiger partial charge in [0.25, 0.3) is 0 Å². The van der Waals surface area contributed by atoms with Gasteiger partial charge in [-0.05, 0) is 66.8 Å². The topological polar surface area (TPSA) is 105 Å². The molecule has 1 N–H and O–H groups in total. The Kier molecular flexibility index (Phi) is 12.3. The second-order valence-corrected chi connectivity index (χ2v) is 13.5. The number of nitrogens with one attached hydrogen (secondary N) is 1. The first-order chi connectivity index (χ1) is 21.7. The highest BCUT2D eigenvalue weighted by Gasteiger charge is 2.32. The molecule has 1 atom stereocenters. The van der Waals surface area contributed by atoms with Crippen LogP contribution < -0.4 is 19.1 Å². The lowest BCUT2D eigenvalue weighted by Gasteiger charge is -2.34. The minimum atomic E-state index is -3.61. The first-order valence-corrected chi connectivity index (χ1v) is 17.4. The normalized spacial score (nSPS) is 14.3. The Morgan fingerprint density at radius 1 is 0.867 bits per heavy atom. The van der Waals surface area contributed by atoms with Crippen molar-refractivity contribution in [3.05, 3.63) is 90.0 Å². The Morgan fingerprint density at radius 2 is 1.53 bits per heavy atom. The van der Waals surface area contributed by atoms with Gasteiger partial charge < -0.3 is 19.7 Å². The van der Waals surface area contributed by atoms with Gasteiger partial charge in [0.15, 0.2) is 0 Å². The van der Waals surface area contributed by atoms with Crippen LogP contribution in [-0.2, 0) is 32.6 Å². The average molecular weight is 636 g/mol. The minimum Gasteiger partial charge on any atom is -0.497 e. The van der Waals surface area contributed by atoms with Crippen LogP contribution in [0.4, 0.5) is 5.69 Å². The summed E-state index contributed by atoms with van der Waals surface area (Å²) in [5.41, 5.74) is 2.28. The molecule has 0 spiro atoms. The number of rotatable bonds is 15. The maximum atomic E-state index is 14.1. The first-order valence-electron chi connectivity index (χ1n) is 15.6. The summed E-state index contributed by atoms with van der Waals surface area (Å²) in [6, 6.07) is 23.3. The van der Waals surface area contributed by atoms with E-state index in [4.69, 9.17) is 9.47 Å². The van der Waals surface area contributed by atoms with Gasteiger partial charge in [-0.2, -0.15) is 0 Å². The summed E-state index contributed by atoms with van der Waals surface area (Å²) in [6.45, 7) is 0.321. The molecule has 0 aromatic heterocycles. The molecule has 0 unspecified atom stereocenters. The number of carbonyl (C=O) groups excluding carboxylic acids is 2. The number of amides is 2. The zero-order valence-corrected chi connectivity index (χ0v) is 27.3. The second-order valence-electron chi connectivity index (χ2n) is 11.6. The van der Waals surface area contributed by atoms with E-state index in [9.17, 15) is 18.0 Å². The number of hydrogen-bond donors (Lipinski definition) is 1. The third-order valence-electron chi connectivity index (χ3n) is 8.22. The molecule has 3 aromatic carbocycles. The summed E-state index contributed by atoms with van der Waals surface area (Å²) in [5.74, 6) is 0.889. The number of anilines is 1. The van der Waals surface area contributed by atoms with E-state index in [2.05, 4.69) is 5.32 Å². The lowest BCUT2D eigenvalue weighted by Crippen LogP contribution is -2.52. The van der Waals surface area contributed by atoms with Gasteiger partial charge in [-0.1, -0.05) is 61.7 Å². The molecule has 0 aliphatic heterocycles. The fraction of sp³-hybridized carbons (Fsp3) is 0.429. The predicted molar refractivity (Wildman–Crippen MR) is 177 cm³/mol. The molecule has 1 aliphatic rings. The number of carbonyl (C=O) groups is 2. The zero-order chi connectivity index (χ0) is 32.2.